The first kappa shape index (κ1) is 19.9. The van der Waals surface area contributed by atoms with Crippen LogP contribution in [0.25, 0.3) is 0 Å². The fraction of sp³-hybridized carbons (Fsp3) is 0.591. The number of benzene rings is 1. The molecule has 1 aromatic carbocycles. The first-order valence-corrected chi connectivity index (χ1v) is 9.73. The Morgan fingerprint density at radius 2 is 1.96 bits per heavy atom. The second-order valence-corrected chi connectivity index (χ2v) is 8.45. The highest BCUT2D eigenvalue weighted by molar-refractivity contribution is 5.89. The van der Waals surface area contributed by atoms with E-state index in [0.29, 0.717) is 12.0 Å². The summed E-state index contributed by atoms with van der Waals surface area (Å²) in [5.41, 5.74) is 1.24. The summed E-state index contributed by atoms with van der Waals surface area (Å²) < 4.78 is 11.8. The van der Waals surface area contributed by atoms with Gasteiger partial charge in [-0.3, -0.25) is 0 Å². The fourth-order valence-corrected chi connectivity index (χ4v) is 4.20. The van der Waals surface area contributed by atoms with Crippen LogP contribution >= 0.6 is 0 Å². The number of aliphatic hydroxyl groups is 1. The van der Waals surface area contributed by atoms with Crippen LogP contribution in [0.4, 0.5) is 0 Å². The number of carbonyl (C=O) groups excluding carboxylic acids is 1. The van der Waals surface area contributed by atoms with Gasteiger partial charge >= 0.3 is 5.97 Å². The molecule has 1 aromatic rings. The van der Waals surface area contributed by atoms with E-state index in [0.717, 1.165) is 18.4 Å². The summed E-state index contributed by atoms with van der Waals surface area (Å²) in [5, 5.41) is 20.5. The molecule has 1 aliphatic carbocycles. The number of rotatable bonds is 3. The number of hydrogen-bond donors (Lipinski definition) is 2. The fourth-order valence-electron chi connectivity index (χ4n) is 4.20. The van der Waals surface area contributed by atoms with E-state index in [1.54, 1.807) is 12.1 Å². The van der Waals surface area contributed by atoms with Gasteiger partial charge in [-0.2, -0.15) is 0 Å². The number of phenols is 1. The zero-order valence-corrected chi connectivity index (χ0v) is 16.5. The summed E-state index contributed by atoms with van der Waals surface area (Å²) in [7, 11) is 0. The van der Waals surface area contributed by atoms with E-state index in [1.807, 2.05) is 27.7 Å². The molecule has 1 aliphatic heterocycles. The Hall–Kier alpha value is -1.85. The number of hydrogen-bond acceptors (Lipinski definition) is 5. The predicted molar refractivity (Wildman–Crippen MR) is 103 cm³/mol. The van der Waals surface area contributed by atoms with Gasteiger partial charge in [-0.1, -0.05) is 25.5 Å². The molecule has 1 saturated heterocycles. The van der Waals surface area contributed by atoms with Crippen LogP contribution in [0.3, 0.4) is 0 Å². The van der Waals surface area contributed by atoms with Crippen LogP contribution in [0.5, 0.6) is 5.75 Å². The lowest BCUT2D eigenvalue weighted by Crippen LogP contribution is -2.43. The van der Waals surface area contributed by atoms with Crippen LogP contribution in [-0.4, -0.2) is 40.1 Å². The number of carbonyl (C=O) groups is 1. The smallest absolute Gasteiger partial charge is 0.338 e. The van der Waals surface area contributed by atoms with E-state index < -0.39 is 18.2 Å². The number of epoxide rings is 1. The van der Waals surface area contributed by atoms with Crippen LogP contribution in [-0.2, 0) is 9.47 Å². The van der Waals surface area contributed by atoms with Gasteiger partial charge in [0.15, 0.2) is 0 Å². The average molecular weight is 374 g/mol. The lowest BCUT2D eigenvalue weighted by Gasteiger charge is -2.34. The molecule has 27 heavy (non-hydrogen) atoms. The van der Waals surface area contributed by atoms with Gasteiger partial charge in [-0.15, -0.1) is 0 Å². The van der Waals surface area contributed by atoms with Crippen LogP contribution in [0.15, 0.2) is 35.9 Å². The van der Waals surface area contributed by atoms with Crippen molar-refractivity contribution in [2.24, 2.45) is 11.8 Å². The van der Waals surface area contributed by atoms with Crippen molar-refractivity contribution < 1.29 is 24.5 Å². The normalized spacial score (nSPS) is 35.7. The molecule has 0 unspecified atom stereocenters. The van der Waals surface area contributed by atoms with Gasteiger partial charge in [0, 0.05) is 12.3 Å². The molecule has 0 bridgehead atoms. The molecule has 3 rings (SSSR count). The van der Waals surface area contributed by atoms with Crippen molar-refractivity contribution in [3.05, 3.63) is 41.5 Å². The van der Waals surface area contributed by atoms with Crippen molar-refractivity contribution in [3.63, 3.8) is 0 Å². The number of aliphatic hydroxyl groups excluding tert-OH is 1. The minimum absolute atomic E-state index is 0.102. The predicted octanol–water partition coefficient (Wildman–Crippen LogP) is 3.84. The first-order valence-electron chi connectivity index (χ1n) is 9.73. The monoisotopic (exact) mass is 374 g/mol. The molecular weight excluding hydrogens is 344 g/mol. The maximum atomic E-state index is 12.7. The van der Waals surface area contributed by atoms with Crippen molar-refractivity contribution in [1.82, 2.24) is 0 Å². The van der Waals surface area contributed by atoms with Gasteiger partial charge in [-0.05, 0) is 56.9 Å². The van der Waals surface area contributed by atoms with E-state index in [-0.39, 0.29) is 29.3 Å². The number of esters is 1. The molecule has 1 fully saturated rings. The minimum Gasteiger partial charge on any atom is -0.508 e. The SMILES string of the molecule is C/C1=C\CC[C@]2(C)O[C@H]2[C@@H](O)[C@H](C(C)C)[C@@H](OC(=O)c2ccc(O)cc2)C1. The molecule has 5 atom stereocenters. The molecule has 0 spiro atoms. The second-order valence-electron chi connectivity index (χ2n) is 8.45. The van der Waals surface area contributed by atoms with Crippen molar-refractivity contribution in [2.75, 3.05) is 0 Å². The lowest BCUT2D eigenvalue weighted by molar-refractivity contribution is -0.0419. The van der Waals surface area contributed by atoms with Gasteiger partial charge in [0.2, 0.25) is 0 Å². The maximum Gasteiger partial charge on any atom is 0.338 e. The number of fused-ring (bicyclic) bond motifs is 1. The van der Waals surface area contributed by atoms with Crippen LogP contribution in [0.2, 0.25) is 0 Å². The summed E-state index contributed by atoms with van der Waals surface area (Å²) >= 11 is 0. The Balaban J connectivity index is 1.86. The van der Waals surface area contributed by atoms with Crippen LogP contribution < -0.4 is 0 Å². The molecule has 0 amide bonds. The summed E-state index contributed by atoms with van der Waals surface area (Å²) in [6.45, 7) is 8.17. The molecular formula is C22H30O5. The Labute approximate surface area is 161 Å². The second kappa shape index (κ2) is 7.64. The Morgan fingerprint density at radius 1 is 1.30 bits per heavy atom. The minimum atomic E-state index is -0.682. The van der Waals surface area contributed by atoms with Gasteiger partial charge in [0.1, 0.15) is 18.0 Å². The Morgan fingerprint density at radius 3 is 2.59 bits per heavy atom. The molecule has 0 aromatic heterocycles. The zero-order valence-electron chi connectivity index (χ0n) is 16.5. The standard InChI is InChI=1S/C22H30O5/c1-13(2)18-17(26-21(25)15-7-9-16(23)10-8-15)12-14(3)6-5-11-22(4)20(27-22)19(18)24/h6-10,13,17-20,23-24H,5,11-12H2,1-4H3/b14-6+/t17-,18+,19-,20-,22-/m0/s1. The average Bonchev–Trinajstić information content (AvgIpc) is 3.26. The van der Waals surface area contributed by atoms with E-state index in [9.17, 15) is 15.0 Å². The number of ether oxygens (including phenoxy) is 2. The van der Waals surface area contributed by atoms with Gasteiger partial charge in [0.05, 0.1) is 17.3 Å². The Kier molecular flexibility index (Phi) is 5.63. The van der Waals surface area contributed by atoms with Gasteiger partial charge in [0.25, 0.3) is 0 Å². The third kappa shape index (κ3) is 4.36. The highest BCUT2D eigenvalue weighted by Crippen LogP contribution is 2.47. The molecule has 5 nitrogen and oxygen atoms in total. The molecule has 0 saturated carbocycles. The summed E-state index contributed by atoms with van der Waals surface area (Å²) in [4.78, 5) is 12.7. The largest absolute Gasteiger partial charge is 0.508 e. The first-order chi connectivity index (χ1) is 12.7. The molecule has 2 N–H and O–H groups in total. The van der Waals surface area contributed by atoms with E-state index in [2.05, 4.69) is 6.08 Å². The van der Waals surface area contributed by atoms with E-state index in [1.165, 1.54) is 12.1 Å². The summed E-state index contributed by atoms with van der Waals surface area (Å²) in [6.07, 6.45) is 3.20. The highest BCUT2D eigenvalue weighted by atomic mass is 16.6. The van der Waals surface area contributed by atoms with Crippen molar-refractivity contribution in [2.45, 2.75) is 70.9 Å². The Bertz CT molecular complexity index is 708. The van der Waals surface area contributed by atoms with Gasteiger partial charge in [-0.25, -0.2) is 4.79 Å². The van der Waals surface area contributed by atoms with Crippen LogP contribution in [0, 0.1) is 11.8 Å². The van der Waals surface area contributed by atoms with Crippen molar-refractivity contribution in [3.8, 4) is 5.75 Å². The summed E-state index contributed by atoms with van der Waals surface area (Å²) in [6, 6.07) is 6.02. The van der Waals surface area contributed by atoms with Gasteiger partial charge < -0.3 is 19.7 Å². The molecule has 2 aliphatic rings. The molecule has 0 radical (unpaired) electrons. The third-order valence-electron chi connectivity index (χ3n) is 5.86. The molecule has 5 heteroatoms. The maximum absolute atomic E-state index is 12.7. The zero-order chi connectivity index (χ0) is 19.8. The lowest BCUT2D eigenvalue weighted by atomic mass is 9.78. The van der Waals surface area contributed by atoms with Crippen LogP contribution in [0.1, 0.15) is 57.3 Å². The highest BCUT2D eigenvalue weighted by Gasteiger charge is 2.58. The summed E-state index contributed by atoms with van der Waals surface area (Å²) in [5.74, 6) is -0.440. The van der Waals surface area contributed by atoms with E-state index >= 15 is 0 Å². The third-order valence-corrected chi connectivity index (χ3v) is 5.86. The van der Waals surface area contributed by atoms with Crippen molar-refractivity contribution in [1.29, 1.82) is 0 Å². The topological polar surface area (TPSA) is 79.3 Å². The number of aromatic hydroxyl groups is 1. The van der Waals surface area contributed by atoms with Crippen molar-refractivity contribution >= 4 is 5.97 Å². The number of allylic oxidation sites excluding steroid dienone is 1. The molecule has 1 heterocycles. The molecule has 148 valence electrons. The number of phenolic OH excluding ortho intramolecular Hbond substituents is 1. The van der Waals surface area contributed by atoms with E-state index in [4.69, 9.17) is 9.47 Å². The quantitative estimate of drug-likeness (QED) is 0.477.